The molecule has 8 nitrogen and oxygen atoms in total. The monoisotopic (exact) mass is 387 g/mol. The third-order valence-electron chi connectivity index (χ3n) is 4.50. The Hall–Kier alpha value is -3.20. The molecule has 1 aliphatic rings. The lowest BCUT2D eigenvalue weighted by atomic mass is 10.1. The molecule has 1 saturated heterocycles. The molecule has 3 N–H and O–H groups in total. The van der Waals surface area contributed by atoms with E-state index < -0.39 is 17.9 Å². The zero-order chi connectivity index (χ0) is 20.1. The number of nitrogens with zero attached hydrogens (tertiary/aromatic N) is 3. The quantitative estimate of drug-likeness (QED) is 0.749. The zero-order valence-corrected chi connectivity index (χ0v) is 15.5. The SMILES string of the molecule is Cc1ccc(NC(=O)Nc2cc(CN3CCN(C(=O)O)CC3)ccc2F)cn1. The van der Waals surface area contributed by atoms with Crippen molar-refractivity contribution in [3.8, 4) is 0 Å². The van der Waals surface area contributed by atoms with Crippen molar-refractivity contribution in [2.45, 2.75) is 13.5 Å². The molecule has 2 aromatic rings. The molecule has 0 radical (unpaired) electrons. The Morgan fingerprint density at radius 3 is 2.54 bits per heavy atom. The number of aryl methyl sites for hydroxylation is 1. The molecular formula is C19H22FN5O3. The highest BCUT2D eigenvalue weighted by molar-refractivity contribution is 5.99. The van der Waals surface area contributed by atoms with Crippen LogP contribution in [0.2, 0.25) is 0 Å². The molecule has 148 valence electrons. The molecule has 0 spiro atoms. The Bertz CT molecular complexity index is 851. The van der Waals surface area contributed by atoms with Crippen LogP contribution in [0.5, 0.6) is 0 Å². The molecule has 9 heteroatoms. The number of hydrogen-bond acceptors (Lipinski definition) is 4. The molecule has 0 aliphatic carbocycles. The van der Waals surface area contributed by atoms with Gasteiger partial charge in [0.05, 0.1) is 17.6 Å². The number of carbonyl (C=O) groups is 2. The van der Waals surface area contributed by atoms with Gasteiger partial charge in [0.25, 0.3) is 0 Å². The van der Waals surface area contributed by atoms with Crippen LogP contribution < -0.4 is 10.6 Å². The molecule has 28 heavy (non-hydrogen) atoms. The first kappa shape index (κ1) is 19.6. The van der Waals surface area contributed by atoms with Crippen LogP contribution in [0.4, 0.5) is 25.4 Å². The van der Waals surface area contributed by atoms with E-state index >= 15 is 0 Å². The van der Waals surface area contributed by atoms with Gasteiger partial charge >= 0.3 is 12.1 Å². The molecule has 1 aromatic carbocycles. The number of benzene rings is 1. The number of piperazine rings is 1. The third-order valence-corrected chi connectivity index (χ3v) is 4.50. The fourth-order valence-corrected chi connectivity index (χ4v) is 2.95. The number of amides is 3. The predicted octanol–water partition coefficient (Wildman–Crippen LogP) is 2.97. The fraction of sp³-hybridized carbons (Fsp3) is 0.316. The van der Waals surface area contributed by atoms with Crippen molar-refractivity contribution in [2.24, 2.45) is 0 Å². The van der Waals surface area contributed by atoms with Crippen LogP contribution in [-0.2, 0) is 6.54 Å². The van der Waals surface area contributed by atoms with Crippen molar-refractivity contribution in [1.29, 1.82) is 0 Å². The normalized spacial score (nSPS) is 14.6. The van der Waals surface area contributed by atoms with Gasteiger partial charge in [0.2, 0.25) is 0 Å². The van der Waals surface area contributed by atoms with Crippen molar-refractivity contribution in [2.75, 3.05) is 36.8 Å². The maximum atomic E-state index is 14.1. The van der Waals surface area contributed by atoms with Gasteiger partial charge in [0, 0.05) is 38.4 Å². The topological polar surface area (TPSA) is 97.8 Å². The van der Waals surface area contributed by atoms with Crippen molar-refractivity contribution in [1.82, 2.24) is 14.8 Å². The summed E-state index contributed by atoms with van der Waals surface area (Å²) in [6.45, 7) is 4.47. The minimum Gasteiger partial charge on any atom is -0.465 e. The van der Waals surface area contributed by atoms with Crippen LogP contribution >= 0.6 is 0 Å². The standard InChI is InChI=1S/C19H22FN5O3/c1-13-2-4-15(11-21-13)22-18(26)23-17-10-14(3-5-16(17)20)12-24-6-8-25(9-7-24)19(27)28/h2-5,10-11H,6-9,12H2,1H3,(H,27,28)(H2,22,23,26). The maximum absolute atomic E-state index is 14.1. The zero-order valence-electron chi connectivity index (χ0n) is 15.5. The summed E-state index contributed by atoms with van der Waals surface area (Å²) in [4.78, 5) is 30.7. The van der Waals surface area contributed by atoms with Gasteiger partial charge < -0.3 is 20.6 Å². The van der Waals surface area contributed by atoms with Gasteiger partial charge in [-0.2, -0.15) is 0 Å². The Kier molecular flexibility index (Phi) is 6.05. The lowest BCUT2D eigenvalue weighted by molar-refractivity contribution is 0.103. The Labute approximate surface area is 162 Å². The smallest absolute Gasteiger partial charge is 0.407 e. The summed E-state index contributed by atoms with van der Waals surface area (Å²) in [5.41, 5.74) is 2.25. The van der Waals surface area contributed by atoms with Gasteiger partial charge in [0.15, 0.2) is 0 Å². The van der Waals surface area contributed by atoms with Gasteiger partial charge in [-0.3, -0.25) is 9.88 Å². The summed E-state index contributed by atoms with van der Waals surface area (Å²) in [6.07, 6.45) is 0.612. The van der Waals surface area contributed by atoms with Crippen LogP contribution in [0.3, 0.4) is 0 Å². The fourth-order valence-electron chi connectivity index (χ4n) is 2.95. The molecule has 3 rings (SSSR count). The molecule has 1 aromatic heterocycles. The highest BCUT2D eigenvalue weighted by atomic mass is 19.1. The largest absolute Gasteiger partial charge is 0.465 e. The van der Waals surface area contributed by atoms with Crippen molar-refractivity contribution in [3.05, 3.63) is 53.6 Å². The number of aromatic nitrogens is 1. The third kappa shape index (κ3) is 5.17. The van der Waals surface area contributed by atoms with Crippen molar-refractivity contribution >= 4 is 23.5 Å². The van der Waals surface area contributed by atoms with E-state index in [0.29, 0.717) is 38.4 Å². The minimum atomic E-state index is -0.914. The van der Waals surface area contributed by atoms with E-state index in [4.69, 9.17) is 5.11 Å². The van der Waals surface area contributed by atoms with E-state index in [0.717, 1.165) is 11.3 Å². The number of urea groups is 1. The average Bonchev–Trinajstić information content (AvgIpc) is 2.67. The second-order valence-corrected chi connectivity index (χ2v) is 6.63. The maximum Gasteiger partial charge on any atom is 0.407 e. The Morgan fingerprint density at radius 2 is 1.89 bits per heavy atom. The number of carbonyl (C=O) groups excluding carboxylic acids is 1. The van der Waals surface area contributed by atoms with Gasteiger partial charge in [0.1, 0.15) is 5.82 Å². The lowest BCUT2D eigenvalue weighted by Gasteiger charge is -2.33. The number of pyridine rings is 1. The van der Waals surface area contributed by atoms with Crippen LogP contribution in [0.15, 0.2) is 36.5 Å². The summed E-state index contributed by atoms with van der Waals surface area (Å²) in [6, 6.07) is 7.48. The lowest BCUT2D eigenvalue weighted by Crippen LogP contribution is -2.47. The van der Waals surface area contributed by atoms with Gasteiger partial charge in [-0.15, -0.1) is 0 Å². The Morgan fingerprint density at radius 1 is 1.14 bits per heavy atom. The molecule has 0 unspecified atom stereocenters. The summed E-state index contributed by atoms with van der Waals surface area (Å²) in [5, 5.41) is 14.1. The molecule has 1 aliphatic heterocycles. The number of halogens is 1. The second kappa shape index (κ2) is 8.66. The molecule has 0 atom stereocenters. The Balaban J connectivity index is 1.59. The van der Waals surface area contributed by atoms with E-state index in [2.05, 4.69) is 20.5 Å². The molecule has 0 bridgehead atoms. The average molecular weight is 387 g/mol. The molecule has 2 heterocycles. The molecule has 1 fully saturated rings. The van der Waals surface area contributed by atoms with E-state index in [-0.39, 0.29) is 5.69 Å². The summed E-state index contributed by atoms with van der Waals surface area (Å²) in [5.74, 6) is -0.531. The number of rotatable bonds is 4. The van der Waals surface area contributed by atoms with Crippen molar-refractivity contribution in [3.63, 3.8) is 0 Å². The van der Waals surface area contributed by atoms with Crippen LogP contribution in [0, 0.1) is 12.7 Å². The minimum absolute atomic E-state index is 0.0826. The number of hydrogen-bond donors (Lipinski definition) is 3. The first-order valence-corrected chi connectivity index (χ1v) is 8.90. The molecular weight excluding hydrogens is 365 g/mol. The van der Waals surface area contributed by atoms with Crippen LogP contribution in [-0.4, -0.2) is 58.2 Å². The van der Waals surface area contributed by atoms with E-state index in [1.807, 2.05) is 6.92 Å². The second-order valence-electron chi connectivity index (χ2n) is 6.63. The highest BCUT2D eigenvalue weighted by Crippen LogP contribution is 2.19. The van der Waals surface area contributed by atoms with Gasteiger partial charge in [-0.05, 0) is 36.8 Å². The number of anilines is 2. The van der Waals surface area contributed by atoms with E-state index in [1.54, 1.807) is 24.3 Å². The van der Waals surface area contributed by atoms with Crippen molar-refractivity contribution < 1.29 is 19.1 Å². The summed E-state index contributed by atoms with van der Waals surface area (Å²) in [7, 11) is 0. The van der Waals surface area contributed by atoms with Gasteiger partial charge in [-0.25, -0.2) is 14.0 Å². The first-order chi connectivity index (χ1) is 13.4. The molecule has 3 amide bonds. The predicted molar refractivity (Wildman–Crippen MR) is 103 cm³/mol. The van der Waals surface area contributed by atoms with Crippen LogP contribution in [0.1, 0.15) is 11.3 Å². The summed E-state index contributed by atoms with van der Waals surface area (Å²) < 4.78 is 14.1. The highest BCUT2D eigenvalue weighted by Gasteiger charge is 2.20. The van der Waals surface area contributed by atoms with E-state index in [9.17, 15) is 14.0 Å². The number of nitrogens with one attached hydrogen (secondary N) is 2. The van der Waals surface area contributed by atoms with Crippen LogP contribution in [0.25, 0.3) is 0 Å². The summed E-state index contributed by atoms with van der Waals surface area (Å²) >= 11 is 0. The van der Waals surface area contributed by atoms with E-state index in [1.165, 1.54) is 17.2 Å². The first-order valence-electron chi connectivity index (χ1n) is 8.90. The molecule has 0 saturated carbocycles. The number of carboxylic acid groups (broad SMARTS) is 1. The van der Waals surface area contributed by atoms with Gasteiger partial charge in [-0.1, -0.05) is 6.07 Å².